The molecule has 0 aromatic carbocycles. The number of ether oxygens (including phenoxy) is 4. The molecule has 2 aromatic rings. The highest BCUT2D eigenvalue weighted by molar-refractivity contribution is 5.73. The van der Waals surface area contributed by atoms with Crippen LogP contribution in [0.1, 0.15) is 20.8 Å². The topological polar surface area (TPSA) is 158 Å². The van der Waals surface area contributed by atoms with Crippen LogP contribution in [0.25, 0.3) is 11.2 Å². The molecule has 0 unspecified atom stereocenters. The van der Waals surface area contributed by atoms with Crippen molar-refractivity contribution in [2.24, 2.45) is 0 Å². The molecule has 12 nitrogen and oxygen atoms in total. The minimum atomic E-state index is -0.725. The third kappa shape index (κ3) is 5.88. The summed E-state index contributed by atoms with van der Waals surface area (Å²) in [4.78, 5) is 44.4. The van der Waals surface area contributed by atoms with E-state index in [0.717, 1.165) is 0 Å². The number of hydrogen-bond acceptors (Lipinski definition) is 10. The number of carbonyl (C=O) groups excluding carboxylic acids is 2. The zero-order chi connectivity index (χ0) is 20.0. The molecular weight excluding hydrogens is 362 g/mol. The summed E-state index contributed by atoms with van der Waals surface area (Å²) in [5, 5.41) is 7.31. The number of carbonyl (C=O) groups is 2. The van der Waals surface area contributed by atoms with Gasteiger partial charge in [0.05, 0.1) is 6.33 Å². The summed E-state index contributed by atoms with van der Waals surface area (Å²) in [7, 11) is 0. The van der Waals surface area contributed by atoms with E-state index < -0.39 is 23.6 Å². The number of fused-ring (bicyclic) bond motifs is 1. The van der Waals surface area contributed by atoms with E-state index in [4.69, 9.17) is 24.4 Å². The highest BCUT2D eigenvalue weighted by Gasteiger charge is 2.16. The summed E-state index contributed by atoms with van der Waals surface area (Å²) in [6.07, 6.45) is 0.611. The lowest BCUT2D eigenvalue weighted by Gasteiger charge is -2.17. The molecule has 0 aliphatic carbocycles. The predicted octanol–water partition coefficient (Wildman–Crippen LogP) is -0.0355. The second kappa shape index (κ2) is 8.89. The van der Waals surface area contributed by atoms with E-state index in [9.17, 15) is 14.4 Å². The van der Waals surface area contributed by atoms with E-state index in [2.05, 4.69) is 15.0 Å². The van der Waals surface area contributed by atoms with Gasteiger partial charge in [0, 0.05) is 20.8 Å². The molecule has 2 heterocycles. The van der Waals surface area contributed by atoms with E-state index in [1.165, 1.54) is 31.7 Å². The van der Waals surface area contributed by atoms with Crippen molar-refractivity contribution in [1.82, 2.24) is 19.5 Å². The molecule has 0 radical (unpaired) electrons. The number of rotatable bonds is 8. The predicted molar refractivity (Wildman–Crippen MR) is 90.3 cm³/mol. The van der Waals surface area contributed by atoms with Crippen LogP contribution >= 0.6 is 0 Å². The van der Waals surface area contributed by atoms with E-state index in [1.807, 2.05) is 0 Å². The summed E-state index contributed by atoms with van der Waals surface area (Å²) in [5.74, 6) is -1.16. The first-order chi connectivity index (χ1) is 12.8. The van der Waals surface area contributed by atoms with Crippen LogP contribution in [-0.4, -0.2) is 56.7 Å². The Bertz CT molecular complexity index is 886. The van der Waals surface area contributed by atoms with E-state index in [1.54, 1.807) is 0 Å². The molecule has 0 fully saturated rings. The van der Waals surface area contributed by atoms with E-state index in [0.29, 0.717) is 0 Å². The number of aromatic nitrogens is 4. The second-order valence-electron chi connectivity index (χ2n) is 5.44. The van der Waals surface area contributed by atoms with Crippen molar-refractivity contribution >= 4 is 29.0 Å². The fourth-order valence-corrected chi connectivity index (χ4v) is 1.97. The van der Waals surface area contributed by atoms with Crippen LogP contribution in [0.15, 0.2) is 11.1 Å². The number of nitrogens with zero attached hydrogens (tertiary/aromatic N) is 3. The van der Waals surface area contributed by atoms with Gasteiger partial charge in [-0.1, -0.05) is 0 Å². The van der Waals surface area contributed by atoms with Gasteiger partial charge >= 0.3 is 17.9 Å². The lowest BCUT2D eigenvalue weighted by atomic mass is 10.4. The molecule has 0 saturated heterocycles. The van der Waals surface area contributed by atoms with Gasteiger partial charge in [-0.15, -0.1) is 0 Å². The lowest BCUT2D eigenvalue weighted by molar-refractivity contribution is -0.154. The fraction of sp³-hybridized carbons (Fsp3) is 0.467. The molecule has 0 saturated carbocycles. The van der Waals surface area contributed by atoms with Gasteiger partial charge in [0.15, 0.2) is 17.1 Å². The zero-order valence-electron chi connectivity index (χ0n) is 15.0. The summed E-state index contributed by atoms with van der Waals surface area (Å²) < 4.78 is 21.8. The summed E-state index contributed by atoms with van der Waals surface area (Å²) in [6.45, 7) is 3.53. The highest BCUT2D eigenvalue weighted by atomic mass is 16.6. The van der Waals surface area contributed by atoms with Crippen LogP contribution in [-0.2, 0) is 30.5 Å². The second-order valence-corrected chi connectivity index (χ2v) is 5.44. The minimum absolute atomic E-state index is 0.0603. The van der Waals surface area contributed by atoms with Gasteiger partial charge in [-0.25, -0.2) is 4.98 Å². The molecule has 146 valence electrons. The number of imidazole rings is 1. The lowest BCUT2D eigenvalue weighted by Crippen LogP contribution is -2.28. The first-order valence-corrected chi connectivity index (χ1v) is 7.82. The molecule has 0 aliphatic rings. The van der Waals surface area contributed by atoms with Crippen LogP contribution in [0.3, 0.4) is 0 Å². The average molecular weight is 381 g/mol. The maximum absolute atomic E-state index is 12.0. The van der Waals surface area contributed by atoms with Crippen molar-refractivity contribution in [1.29, 1.82) is 5.41 Å². The Morgan fingerprint density at radius 3 is 2.41 bits per heavy atom. The highest BCUT2D eigenvalue weighted by Crippen LogP contribution is 2.10. The van der Waals surface area contributed by atoms with E-state index in [-0.39, 0.29) is 43.0 Å². The SMILES string of the molecule is CC(=N)Oc1nc2c(ncn2COC(COC(C)=O)COC(C)=O)c(=O)[nH]1. The molecule has 27 heavy (non-hydrogen) atoms. The Kier molecular flexibility index (Phi) is 6.60. The van der Waals surface area contributed by atoms with Crippen molar-refractivity contribution < 1.29 is 28.5 Å². The Balaban J connectivity index is 2.15. The van der Waals surface area contributed by atoms with Crippen molar-refractivity contribution in [3.05, 3.63) is 16.7 Å². The third-order valence-electron chi connectivity index (χ3n) is 3.10. The quantitative estimate of drug-likeness (QED) is 0.363. The maximum atomic E-state index is 12.0. The molecular formula is C15H19N5O7. The van der Waals surface area contributed by atoms with Gasteiger partial charge in [0.25, 0.3) is 5.56 Å². The Morgan fingerprint density at radius 1 is 1.22 bits per heavy atom. The standard InChI is InChI=1S/C15H19N5O7/c1-8(16)27-15-18-13-12(14(23)19-15)17-6-20(13)7-26-11(4-24-9(2)21)5-25-10(3)22/h6,11,16H,4-5,7H2,1-3H3,(H,18,19,23). The molecule has 2 rings (SSSR count). The molecule has 0 aliphatic heterocycles. The monoisotopic (exact) mass is 381 g/mol. The zero-order valence-corrected chi connectivity index (χ0v) is 15.0. The Labute approximate surface area is 152 Å². The van der Waals surface area contributed by atoms with Crippen LogP contribution < -0.4 is 10.3 Å². The molecule has 0 atom stereocenters. The normalized spacial score (nSPS) is 10.8. The van der Waals surface area contributed by atoms with Crippen molar-refractivity contribution in [2.45, 2.75) is 33.6 Å². The largest absolute Gasteiger partial charge is 0.463 e. The molecule has 2 aromatic heterocycles. The number of hydrogen-bond donors (Lipinski definition) is 2. The first-order valence-electron chi connectivity index (χ1n) is 7.82. The van der Waals surface area contributed by atoms with E-state index >= 15 is 0 Å². The molecule has 12 heteroatoms. The number of H-pyrrole nitrogens is 1. The summed E-state index contributed by atoms with van der Waals surface area (Å²) in [5.41, 5.74) is -0.301. The van der Waals surface area contributed by atoms with Crippen LogP contribution in [0, 0.1) is 5.41 Å². The van der Waals surface area contributed by atoms with Gasteiger partial charge in [-0.2, -0.15) is 4.98 Å². The van der Waals surface area contributed by atoms with Gasteiger partial charge in [0.1, 0.15) is 26.0 Å². The fourth-order valence-electron chi connectivity index (χ4n) is 1.97. The smallest absolute Gasteiger partial charge is 0.305 e. The van der Waals surface area contributed by atoms with Gasteiger partial charge < -0.3 is 18.9 Å². The number of nitrogens with one attached hydrogen (secondary N) is 2. The van der Waals surface area contributed by atoms with Crippen LogP contribution in [0.5, 0.6) is 6.01 Å². The molecule has 0 bridgehead atoms. The Morgan fingerprint density at radius 2 is 1.85 bits per heavy atom. The first kappa shape index (κ1) is 20.0. The number of aromatic amines is 1. The number of esters is 2. The maximum Gasteiger partial charge on any atom is 0.305 e. The molecule has 0 amide bonds. The third-order valence-corrected chi connectivity index (χ3v) is 3.10. The summed E-state index contributed by atoms with van der Waals surface area (Å²) in [6, 6.07) is -0.155. The van der Waals surface area contributed by atoms with Gasteiger partial charge in [-0.05, 0) is 0 Å². The van der Waals surface area contributed by atoms with Crippen molar-refractivity contribution in [3.63, 3.8) is 0 Å². The van der Waals surface area contributed by atoms with Crippen LogP contribution in [0.4, 0.5) is 0 Å². The minimum Gasteiger partial charge on any atom is -0.463 e. The summed E-state index contributed by atoms with van der Waals surface area (Å²) >= 11 is 0. The van der Waals surface area contributed by atoms with Crippen molar-refractivity contribution in [3.8, 4) is 6.01 Å². The van der Waals surface area contributed by atoms with Crippen molar-refractivity contribution in [2.75, 3.05) is 13.2 Å². The van der Waals surface area contributed by atoms with Gasteiger partial charge in [0.2, 0.25) is 0 Å². The van der Waals surface area contributed by atoms with Crippen LogP contribution in [0.2, 0.25) is 0 Å². The molecule has 0 spiro atoms. The molecule has 2 N–H and O–H groups in total. The average Bonchev–Trinajstić information content (AvgIpc) is 2.96. The van der Waals surface area contributed by atoms with Gasteiger partial charge in [-0.3, -0.25) is 29.3 Å². The Hall–Kier alpha value is -3.28.